The highest BCUT2D eigenvalue weighted by Gasteiger charge is 2.19. The number of nitrogens with one attached hydrogen (secondary N) is 1. The molecule has 2 aromatic rings. The summed E-state index contributed by atoms with van der Waals surface area (Å²) in [6, 6.07) is 14.4. The van der Waals surface area contributed by atoms with Crippen LogP contribution in [-0.2, 0) is 16.4 Å². The molecule has 0 spiro atoms. The fourth-order valence-electron chi connectivity index (χ4n) is 2.40. The number of rotatable bonds is 8. The zero-order valence-electron chi connectivity index (χ0n) is 14.2. The molecule has 0 saturated carbocycles. The lowest BCUT2D eigenvalue weighted by Crippen LogP contribution is -2.33. The van der Waals surface area contributed by atoms with Gasteiger partial charge in [-0.3, -0.25) is 0 Å². The zero-order chi connectivity index (χ0) is 17.6. The van der Waals surface area contributed by atoms with E-state index >= 15 is 0 Å². The van der Waals surface area contributed by atoms with Gasteiger partial charge >= 0.3 is 0 Å². The molecular weight excluding hydrogens is 326 g/mol. The minimum atomic E-state index is -3.61. The molecule has 130 valence electrons. The van der Waals surface area contributed by atoms with E-state index in [1.54, 1.807) is 6.07 Å². The van der Waals surface area contributed by atoms with E-state index in [4.69, 9.17) is 9.47 Å². The van der Waals surface area contributed by atoms with Crippen LogP contribution >= 0.6 is 0 Å². The minimum Gasteiger partial charge on any atom is -0.493 e. The zero-order valence-corrected chi connectivity index (χ0v) is 15.0. The summed E-state index contributed by atoms with van der Waals surface area (Å²) < 4.78 is 38.0. The topological polar surface area (TPSA) is 64.6 Å². The third-order valence-corrected chi connectivity index (χ3v) is 5.32. The Balaban J connectivity index is 2.04. The lowest BCUT2D eigenvalue weighted by atomic mass is 10.1. The first kappa shape index (κ1) is 18.3. The van der Waals surface area contributed by atoms with Crippen molar-refractivity contribution >= 4 is 10.0 Å². The molecule has 5 nitrogen and oxygen atoms in total. The fourth-order valence-corrected chi connectivity index (χ4v) is 3.70. The maximum atomic E-state index is 12.5. The average molecular weight is 349 g/mol. The third-order valence-electron chi connectivity index (χ3n) is 3.73. The summed E-state index contributed by atoms with van der Waals surface area (Å²) in [5.41, 5.74) is 1.19. The Morgan fingerprint density at radius 1 is 1.00 bits per heavy atom. The Kier molecular flexibility index (Phi) is 6.23. The molecule has 0 fully saturated rings. The standard InChI is InChI=1S/C18H23NO4S/c1-14(9-10-15-7-5-4-6-8-15)19-24(20,21)16-11-12-17(22-2)18(13-16)23-3/h4-8,11-14,19H,9-10H2,1-3H3/t14-/m0/s1. The maximum Gasteiger partial charge on any atom is 0.240 e. The van der Waals surface area contributed by atoms with Gasteiger partial charge in [0.25, 0.3) is 0 Å². The quantitative estimate of drug-likeness (QED) is 0.796. The van der Waals surface area contributed by atoms with Crippen LogP contribution in [0.15, 0.2) is 53.4 Å². The fraction of sp³-hybridized carbons (Fsp3) is 0.333. The van der Waals surface area contributed by atoms with Crippen LogP contribution in [0.1, 0.15) is 18.9 Å². The molecule has 1 atom stereocenters. The van der Waals surface area contributed by atoms with Crippen LogP contribution < -0.4 is 14.2 Å². The van der Waals surface area contributed by atoms with Gasteiger partial charge in [-0.1, -0.05) is 30.3 Å². The Hall–Kier alpha value is -2.05. The molecule has 1 N–H and O–H groups in total. The number of hydrogen-bond acceptors (Lipinski definition) is 4. The van der Waals surface area contributed by atoms with E-state index < -0.39 is 10.0 Å². The Morgan fingerprint density at radius 2 is 1.67 bits per heavy atom. The van der Waals surface area contributed by atoms with Crippen molar-refractivity contribution in [3.63, 3.8) is 0 Å². The molecule has 0 amide bonds. The highest BCUT2D eigenvalue weighted by atomic mass is 32.2. The molecule has 0 bridgehead atoms. The molecule has 24 heavy (non-hydrogen) atoms. The SMILES string of the molecule is COc1ccc(S(=O)(=O)N[C@@H](C)CCc2ccccc2)cc1OC. The average Bonchev–Trinajstić information content (AvgIpc) is 2.59. The maximum absolute atomic E-state index is 12.5. The smallest absolute Gasteiger partial charge is 0.240 e. The van der Waals surface area contributed by atoms with Crippen molar-refractivity contribution in [2.24, 2.45) is 0 Å². The molecular formula is C18H23NO4S. The second-order valence-electron chi connectivity index (χ2n) is 5.56. The van der Waals surface area contributed by atoms with Crippen molar-refractivity contribution in [1.29, 1.82) is 0 Å². The third kappa shape index (κ3) is 4.72. The van der Waals surface area contributed by atoms with Gasteiger partial charge in [0.1, 0.15) is 0 Å². The van der Waals surface area contributed by atoms with Gasteiger partial charge in [0.15, 0.2) is 11.5 Å². The summed E-state index contributed by atoms with van der Waals surface area (Å²) >= 11 is 0. The highest BCUT2D eigenvalue weighted by Crippen LogP contribution is 2.29. The molecule has 0 aliphatic heterocycles. The van der Waals surface area contributed by atoms with Gasteiger partial charge in [0.2, 0.25) is 10.0 Å². The molecule has 0 radical (unpaired) electrons. The minimum absolute atomic E-state index is 0.159. The van der Waals surface area contributed by atoms with E-state index in [1.165, 1.54) is 31.9 Å². The van der Waals surface area contributed by atoms with E-state index in [0.29, 0.717) is 11.5 Å². The predicted molar refractivity (Wildman–Crippen MR) is 94.1 cm³/mol. The lowest BCUT2D eigenvalue weighted by Gasteiger charge is -2.15. The van der Waals surface area contributed by atoms with Crippen molar-refractivity contribution in [2.45, 2.75) is 30.7 Å². The van der Waals surface area contributed by atoms with E-state index in [9.17, 15) is 8.42 Å². The second kappa shape index (κ2) is 8.17. The van der Waals surface area contributed by atoms with Crippen molar-refractivity contribution in [3.05, 3.63) is 54.1 Å². The van der Waals surface area contributed by atoms with E-state index in [2.05, 4.69) is 4.72 Å². The molecule has 0 unspecified atom stereocenters. The molecule has 2 aromatic carbocycles. The largest absolute Gasteiger partial charge is 0.493 e. The van der Waals surface area contributed by atoms with E-state index in [0.717, 1.165) is 12.8 Å². The Morgan fingerprint density at radius 3 is 2.29 bits per heavy atom. The number of benzene rings is 2. The van der Waals surface area contributed by atoms with Crippen LogP contribution in [0.5, 0.6) is 11.5 Å². The van der Waals surface area contributed by atoms with Gasteiger partial charge in [-0.2, -0.15) is 0 Å². The summed E-state index contributed by atoms with van der Waals surface area (Å²) in [7, 11) is -0.621. The molecule has 0 aliphatic carbocycles. The van der Waals surface area contributed by atoms with Crippen LogP contribution in [0.4, 0.5) is 0 Å². The molecule has 2 rings (SSSR count). The van der Waals surface area contributed by atoms with Gasteiger partial charge in [-0.15, -0.1) is 0 Å². The number of sulfonamides is 1. The Bertz CT molecular complexity index is 760. The van der Waals surface area contributed by atoms with Crippen LogP contribution in [0.2, 0.25) is 0 Å². The Labute approximate surface area is 143 Å². The molecule has 0 aliphatic rings. The first-order valence-corrected chi connectivity index (χ1v) is 9.23. The summed E-state index contributed by atoms with van der Waals surface area (Å²) in [6.07, 6.45) is 1.53. The molecule has 0 aromatic heterocycles. The summed E-state index contributed by atoms with van der Waals surface area (Å²) in [5, 5.41) is 0. The van der Waals surface area contributed by atoms with Gasteiger partial charge in [-0.25, -0.2) is 13.1 Å². The normalized spacial score (nSPS) is 12.6. The molecule has 0 heterocycles. The summed E-state index contributed by atoms with van der Waals surface area (Å²) in [6.45, 7) is 1.86. The monoisotopic (exact) mass is 349 g/mol. The van der Waals surface area contributed by atoms with Gasteiger partial charge in [-0.05, 0) is 37.5 Å². The van der Waals surface area contributed by atoms with Crippen molar-refractivity contribution in [2.75, 3.05) is 14.2 Å². The summed E-state index contributed by atoms with van der Waals surface area (Å²) in [4.78, 5) is 0.159. The number of ether oxygens (including phenoxy) is 2. The lowest BCUT2D eigenvalue weighted by molar-refractivity contribution is 0.354. The van der Waals surface area contributed by atoms with Crippen molar-refractivity contribution in [3.8, 4) is 11.5 Å². The van der Waals surface area contributed by atoms with Gasteiger partial charge in [0, 0.05) is 12.1 Å². The van der Waals surface area contributed by atoms with E-state index in [1.807, 2.05) is 37.3 Å². The number of hydrogen-bond donors (Lipinski definition) is 1. The summed E-state index contributed by atoms with van der Waals surface area (Å²) in [5.74, 6) is 0.880. The number of methoxy groups -OCH3 is 2. The number of aryl methyl sites for hydroxylation is 1. The van der Waals surface area contributed by atoms with Crippen molar-refractivity contribution in [1.82, 2.24) is 4.72 Å². The first-order valence-electron chi connectivity index (χ1n) is 7.74. The molecule has 0 saturated heterocycles. The first-order chi connectivity index (χ1) is 11.5. The van der Waals surface area contributed by atoms with Gasteiger partial charge in [0.05, 0.1) is 19.1 Å². The molecule has 6 heteroatoms. The predicted octanol–water partition coefficient (Wildman–Crippen LogP) is 3.00. The second-order valence-corrected chi connectivity index (χ2v) is 7.28. The highest BCUT2D eigenvalue weighted by molar-refractivity contribution is 7.89. The van der Waals surface area contributed by atoms with Crippen LogP contribution in [-0.4, -0.2) is 28.7 Å². The van der Waals surface area contributed by atoms with Crippen molar-refractivity contribution < 1.29 is 17.9 Å². The van der Waals surface area contributed by atoms with Crippen LogP contribution in [0, 0.1) is 0 Å². The van der Waals surface area contributed by atoms with Gasteiger partial charge < -0.3 is 9.47 Å². The van der Waals surface area contributed by atoms with E-state index in [-0.39, 0.29) is 10.9 Å². The van der Waals surface area contributed by atoms with Crippen LogP contribution in [0.25, 0.3) is 0 Å². The van der Waals surface area contributed by atoms with Crippen LogP contribution in [0.3, 0.4) is 0 Å².